The number of amides is 1. The second-order valence-corrected chi connectivity index (χ2v) is 8.92. The summed E-state index contributed by atoms with van der Waals surface area (Å²) in [4.78, 5) is 15.0. The molecule has 1 saturated heterocycles. The summed E-state index contributed by atoms with van der Waals surface area (Å²) < 4.78 is 24.4. The van der Waals surface area contributed by atoms with Gasteiger partial charge in [0, 0.05) is 18.7 Å². The van der Waals surface area contributed by atoms with Crippen LogP contribution in [0, 0.1) is 5.92 Å². The first kappa shape index (κ1) is 19.4. The van der Waals surface area contributed by atoms with Crippen molar-refractivity contribution in [1.82, 2.24) is 14.7 Å². The van der Waals surface area contributed by atoms with E-state index in [1.54, 1.807) is 15.6 Å². The third kappa shape index (κ3) is 4.38. The molecule has 2 heterocycles. The Bertz CT molecular complexity index is 1110. The molecule has 0 aliphatic carbocycles. The summed E-state index contributed by atoms with van der Waals surface area (Å²) >= 11 is 0. The third-order valence-electron chi connectivity index (χ3n) is 5.04. The van der Waals surface area contributed by atoms with Gasteiger partial charge in [-0.05, 0) is 30.5 Å². The lowest BCUT2D eigenvalue weighted by molar-refractivity contribution is 0.0779. The number of para-hydroxylation sites is 1. The van der Waals surface area contributed by atoms with Gasteiger partial charge in [0.25, 0.3) is 5.91 Å². The fourth-order valence-electron chi connectivity index (χ4n) is 3.69. The maximum absolute atomic E-state index is 13.3. The first-order valence-electron chi connectivity index (χ1n) is 9.41. The van der Waals surface area contributed by atoms with E-state index in [0.717, 1.165) is 11.3 Å². The first-order chi connectivity index (χ1) is 13.9. The van der Waals surface area contributed by atoms with Crippen LogP contribution in [0.2, 0.25) is 0 Å². The van der Waals surface area contributed by atoms with Crippen LogP contribution in [0.3, 0.4) is 0 Å². The van der Waals surface area contributed by atoms with Gasteiger partial charge in [0.2, 0.25) is 10.0 Å². The normalized spacial score (nSPS) is 16.9. The molecule has 1 aliphatic heterocycles. The number of nitrogens with zero attached hydrogens (tertiary/aromatic N) is 3. The van der Waals surface area contributed by atoms with Gasteiger partial charge in [0.1, 0.15) is 5.69 Å². The van der Waals surface area contributed by atoms with E-state index in [0.29, 0.717) is 30.9 Å². The molecule has 2 N–H and O–H groups in total. The molecule has 0 bridgehead atoms. The number of nitrogens with two attached hydrogens (primary N) is 1. The minimum atomic E-state index is -3.56. The number of carbonyl (C=O) groups is 1. The maximum Gasteiger partial charge on any atom is 0.272 e. The van der Waals surface area contributed by atoms with E-state index >= 15 is 0 Å². The number of aromatic nitrogens is 2. The zero-order valence-electron chi connectivity index (χ0n) is 15.8. The fourth-order valence-corrected chi connectivity index (χ4v) is 4.62. The van der Waals surface area contributed by atoms with Crippen LogP contribution in [0.1, 0.15) is 16.9 Å². The van der Waals surface area contributed by atoms with Gasteiger partial charge < -0.3 is 4.90 Å². The van der Waals surface area contributed by atoms with Gasteiger partial charge in [-0.15, -0.1) is 0 Å². The standard InChI is InChI=1S/C21H22N4O3S/c22-29(27,28)15-16-11-12-24(14-16)21(26)20-13-19(17-7-3-1-4-8-17)23-25(20)18-9-5-2-6-10-18/h1-10,13,16H,11-12,14-15H2,(H2,22,27,28). The summed E-state index contributed by atoms with van der Waals surface area (Å²) in [5.74, 6) is -0.416. The van der Waals surface area contributed by atoms with Gasteiger partial charge >= 0.3 is 0 Å². The van der Waals surface area contributed by atoms with E-state index in [9.17, 15) is 13.2 Å². The molecule has 0 spiro atoms. The Morgan fingerprint density at radius 3 is 2.38 bits per heavy atom. The number of likely N-dealkylation sites (tertiary alicyclic amines) is 1. The molecule has 1 amide bonds. The molecule has 1 aromatic heterocycles. The van der Waals surface area contributed by atoms with E-state index in [1.165, 1.54) is 0 Å². The summed E-state index contributed by atoms with van der Waals surface area (Å²) in [7, 11) is -3.56. The van der Waals surface area contributed by atoms with Crippen LogP contribution >= 0.6 is 0 Å². The third-order valence-corrected chi connectivity index (χ3v) is 5.98. The van der Waals surface area contributed by atoms with E-state index in [2.05, 4.69) is 5.10 Å². The van der Waals surface area contributed by atoms with E-state index in [1.807, 2.05) is 60.7 Å². The molecule has 1 aliphatic rings. The van der Waals surface area contributed by atoms with Gasteiger partial charge in [0.15, 0.2) is 0 Å². The van der Waals surface area contributed by atoms with Crippen LogP contribution in [0.25, 0.3) is 16.9 Å². The second-order valence-electron chi connectivity index (χ2n) is 7.26. The van der Waals surface area contributed by atoms with E-state index in [-0.39, 0.29) is 17.6 Å². The quantitative estimate of drug-likeness (QED) is 0.698. The summed E-state index contributed by atoms with van der Waals surface area (Å²) in [6.07, 6.45) is 0.618. The lowest BCUT2D eigenvalue weighted by atomic mass is 10.1. The highest BCUT2D eigenvalue weighted by atomic mass is 32.2. The minimum Gasteiger partial charge on any atom is -0.337 e. The van der Waals surface area contributed by atoms with Gasteiger partial charge in [-0.25, -0.2) is 18.2 Å². The Kier molecular flexibility index (Phi) is 5.21. The first-order valence-corrected chi connectivity index (χ1v) is 11.1. The second kappa shape index (κ2) is 7.81. The van der Waals surface area contributed by atoms with E-state index in [4.69, 9.17) is 5.14 Å². The van der Waals surface area contributed by atoms with Crippen molar-refractivity contribution in [3.63, 3.8) is 0 Å². The zero-order chi connectivity index (χ0) is 20.4. The Morgan fingerprint density at radius 1 is 1.07 bits per heavy atom. The topological polar surface area (TPSA) is 98.3 Å². The molecule has 7 nitrogen and oxygen atoms in total. The summed E-state index contributed by atoms with van der Waals surface area (Å²) in [6, 6.07) is 21.0. The van der Waals surface area contributed by atoms with Crippen molar-refractivity contribution < 1.29 is 13.2 Å². The average molecular weight is 410 g/mol. The average Bonchev–Trinajstić information content (AvgIpc) is 3.35. The van der Waals surface area contributed by atoms with Gasteiger partial charge in [-0.3, -0.25) is 4.79 Å². The molecule has 4 rings (SSSR count). The zero-order valence-corrected chi connectivity index (χ0v) is 16.6. The van der Waals surface area contributed by atoms with Crippen LogP contribution in [0.15, 0.2) is 66.7 Å². The molecule has 1 fully saturated rings. The number of sulfonamides is 1. The predicted octanol–water partition coefficient (Wildman–Crippen LogP) is 2.29. The van der Waals surface area contributed by atoms with Gasteiger partial charge in [0.05, 0.1) is 17.1 Å². The molecule has 1 unspecified atom stereocenters. The highest BCUT2D eigenvalue weighted by molar-refractivity contribution is 7.89. The largest absolute Gasteiger partial charge is 0.337 e. The smallest absolute Gasteiger partial charge is 0.272 e. The summed E-state index contributed by atoms with van der Waals surface area (Å²) in [5, 5.41) is 9.85. The van der Waals surface area contributed by atoms with Crippen molar-refractivity contribution in [2.45, 2.75) is 6.42 Å². The number of hydrogen-bond donors (Lipinski definition) is 1. The summed E-state index contributed by atoms with van der Waals surface area (Å²) in [6.45, 7) is 0.871. The van der Waals surface area contributed by atoms with E-state index < -0.39 is 10.0 Å². The molecule has 150 valence electrons. The molecular weight excluding hydrogens is 388 g/mol. The van der Waals surface area contributed by atoms with Crippen LogP contribution < -0.4 is 5.14 Å². The van der Waals surface area contributed by atoms with Crippen LogP contribution in [-0.2, 0) is 10.0 Å². The van der Waals surface area contributed by atoms with Crippen molar-refractivity contribution in [3.05, 3.63) is 72.4 Å². The number of benzene rings is 2. The van der Waals surface area contributed by atoms with Crippen molar-refractivity contribution in [1.29, 1.82) is 0 Å². The number of carbonyl (C=O) groups excluding carboxylic acids is 1. The molecule has 0 saturated carbocycles. The lowest BCUT2D eigenvalue weighted by Crippen LogP contribution is -2.32. The minimum absolute atomic E-state index is 0.107. The summed E-state index contributed by atoms with van der Waals surface area (Å²) in [5.41, 5.74) is 2.87. The Morgan fingerprint density at radius 2 is 1.72 bits per heavy atom. The molecule has 29 heavy (non-hydrogen) atoms. The SMILES string of the molecule is NS(=O)(=O)CC1CCN(C(=O)c2cc(-c3ccccc3)nn2-c2ccccc2)C1. The lowest BCUT2D eigenvalue weighted by Gasteiger charge is -2.17. The number of rotatable bonds is 5. The molecule has 3 aromatic rings. The van der Waals surface area contributed by atoms with Gasteiger partial charge in [-0.2, -0.15) is 5.10 Å². The Hall–Kier alpha value is -2.97. The van der Waals surface area contributed by atoms with Crippen LogP contribution in [0.5, 0.6) is 0 Å². The predicted molar refractivity (Wildman–Crippen MR) is 111 cm³/mol. The number of hydrogen-bond acceptors (Lipinski definition) is 4. The van der Waals surface area contributed by atoms with Crippen molar-refractivity contribution in [2.24, 2.45) is 11.1 Å². The van der Waals surface area contributed by atoms with Crippen LogP contribution in [0.4, 0.5) is 0 Å². The molecule has 1 atom stereocenters. The van der Waals surface area contributed by atoms with Crippen LogP contribution in [-0.4, -0.2) is 47.8 Å². The molecule has 0 radical (unpaired) electrons. The Labute approximate surface area is 169 Å². The van der Waals surface area contributed by atoms with Gasteiger partial charge in [-0.1, -0.05) is 48.5 Å². The van der Waals surface area contributed by atoms with Crippen molar-refractivity contribution in [2.75, 3.05) is 18.8 Å². The van der Waals surface area contributed by atoms with Crippen molar-refractivity contribution in [3.8, 4) is 16.9 Å². The molecule has 8 heteroatoms. The monoisotopic (exact) mass is 410 g/mol. The highest BCUT2D eigenvalue weighted by Gasteiger charge is 2.31. The Balaban J connectivity index is 1.67. The fraction of sp³-hybridized carbons (Fsp3) is 0.238. The number of primary sulfonamides is 1. The highest BCUT2D eigenvalue weighted by Crippen LogP contribution is 2.25. The maximum atomic E-state index is 13.3. The molecular formula is C21H22N4O3S. The van der Waals surface area contributed by atoms with Crippen molar-refractivity contribution >= 4 is 15.9 Å². The molecule has 2 aromatic carbocycles.